The van der Waals surface area contributed by atoms with Crippen LogP contribution < -0.4 is 5.32 Å². The zero-order chi connectivity index (χ0) is 13.5. The van der Waals surface area contributed by atoms with Crippen LogP contribution in [0.2, 0.25) is 0 Å². The van der Waals surface area contributed by atoms with Gasteiger partial charge in [0.2, 0.25) is 0 Å². The lowest BCUT2D eigenvalue weighted by Crippen LogP contribution is -2.24. The number of aryl methyl sites for hydroxylation is 2. The van der Waals surface area contributed by atoms with Crippen molar-refractivity contribution >= 4 is 0 Å². The summed E-state index contributed by atoms with van der Waals surface area (Å²) in [6, 6.07) is 7.35. The molecule has 1 nitrogen and oxygen atoms in total. The van der Waals surface area contributed by atoms with Crippen molar-refractivity contribution in [2.24, 2.45) is 5.92 Å². The van der Waals surface area contributed by atoms with Crippen molar-refractivity contribution in [2.45, 2.75) is 59.9 Å². The quantitative estimate of drug-likeness (QED) is 0.731. The molecule has 102 valence electrons. The molecule has 0 saturated heterocycles. The Morgan fingerprint density at radius 2 is 1.89 bits per heavy atom. The van der Waals surface area contributed by atoms with Crippen LogP contribution in [0.3, 0.4) is 0 Å². The summed E-state index contributed by atoms with van der Waals surface area (Å²) in [5, 5.41) is 3.71. The molecule has 1 rings (SSSR count). The third-order valence-corrected chi connectivity index (χ3v) is 3.78. The molecule has 2 atom stereocenters. The Morgan fingerprint density at radius 3 is 2.44 bits per heavy atom. The van der Waals surface area contributed by atoms with Gasteiger partial charge in [0.15, 0.2) is 0 Å². The third kappa shape index (κ3) is 4.45. The minimum atomic E-state index is 0.514. The largest absolute Gasteiger partial charge is 0.310 e. The summed E-state index contributed by atoms with van der Waals surface area (Å²) < 4.78 is 0. The molecular weight excluding hydrogens is 218 g/mol. The average molecular weight is 247 g/mol. The molecule has 0 aromatic heterocycles. The van der Waals surface area contributed by atoms with Crippen LogP contribution in [-0.2, 0) is 0 Å². The van der Waals surface area contributed by atoms with Crippen LogP contribution >= 0.6 is 0 Å². The van der Waals surface area contributed by atoms with E-state index in [1.54, 1.807) is 0 Å². The maximum atomic E-state index is 3.71. The van der Waals surface area contributed by atoms with Crippen LogP contribution in [0.4, 0.5) is 0 Å². The number of rotatable bonds is 7. The first-order valence-corrected chi connectivity index (χ1v) is 7.39. The second-order valence-corrected chi connectivity index (χ2v) is 5.62. The smallest absolute Gasteiger partial charge is 0.0325 e. The maximum absolute atomic E-state index is 3.71. The van der Waals surface area contributed by atoms with Gasteiger partial charge in [0, 0.05) is 6.04 Å². The van der Waals surface area contributed by atoms with Crippen molar-refractivity contribution in [3.05, 3.63) is 34.9 Å². The van der Waals surface area contributed by atoms with Crippen LogP contribution in [0.15, 0.2) is 18.2 Å². The summed E-state index contributed by atoms with van der Waals surface area (Å²) >= 11 is 0. The van der Waals surface area contributed by atoms with Gasteiger partial charge in [-0.3, -0.25) is 0 Å². The number of hydrogen-bond acceptors (Lipinski definition) is 1. The highest BCUT2D eigenvalue weighted by molar-refractivity contribution is 5.32. The Kier molecular flexibility index (Phi) is 6.42. The summed E-state index contributed by atoms with van der Waals surface area (Å²) in [6.07, 6.45) is 3.69. The van der Waals surface area contributed by atoms with E-state index >= 15 is 0 Å². The fourth-order valence-electron chi connectivity index (χ4n) is 2.42. The highest BCUT2D eigenvalue weighted by Gasteiger charge is 2.15. The fourth-order valence-corrected chi connectivity index (χ4v) is 2.42. The summed E-state index contributed by atoms with van der Waals surface area (Å²) in [7, 11) is 0. The van der Waals surface area contributed by atoms with Crippen molar-refractivity contribution in [3.8, 4) is 0 Å². The Hall–Kier alpha value is -0.820. The van der Waals surface area contributed by atoms with E-state index < -0.39 is 0 Å². The standard InChI is InChI=1S/C17H29N/c1-6-10-18-17(12-13(3)7-2)16-9-8-14(4)11-15(16)5/h8-9,11,13,17-18H,6-7,10,12H2,1-5H3. The van der Waals surface area contributed by atoms with E-state index in [1.165, 1.54) is 36.0 Å². The molecule has 1 aromatic rings. The van der Waals surface area contributed by atoms with E-state index in [0.717, 1.165) is 12.5 Å². The molecule has 2 unspecified atom stereocenters. The molecule has 18 heavy (non-hydrogen) atoms. The predicted octanol–water partition coefficient (Wildman–Crippen LogP) is 4.78. The van der Waals surface area contributed by atoms with Crippen LogP contribution in [-0.4, -0.2) is 6.54 Å². The van der Waals surface area contributed by atoms with Crippen LogP contribution in [0.25, 0.3) is 0 Å². The highest BCUT2D eigenvalue weighted by atomic mass is 14.9. The van der Waals surface area contributed by atoms with E-state index in [9.17, 15) is 0 Å². The zero-order valence-electron chi connectivity index (χ0n) is 12.7. The molecule has 0 bridgehead atoms. The van der Waals surface area contributed by atoms with Crippen molar-refractivity contribution in [1.29, 1.82) is 0 Å². The van der Waals surface area contributed by atoms with Crippen molar-refractivity contribution in [1.82, 2.24) is 5.32 Å². The predicted molar refractivity (Wildman–Crippen MR) is 81.0 cm³/mol. The number of benzene rings is 1. The molecule has 0 aliphatic rings. The molecule has 0 saturated carbocycles. The summed E-state index contributed by atoms with van der Waals surface area (Å²) in [5.41, 5.74) is 4.26. The summed E-state index contributed by atoms with van der Waals surface area (Å²) in [4.78, 5) is 0. The van der Waals surface area contributed by atoms with Gasteiger partial charge >= 0.3 is 0 Å². The third-order valence-electron chi connectivity index (χ3n) is 3.78. The molecule has 0 heterocycles. The Balaban J connectivity index is 2.86. The minimum Gasteiger partial charge on any atom is -0.310 e. The van der Waals surface area contributed by atoms with Gasteiger partial charge in [-0.15, -0.1) is 0 Å². The Labute approximate surface area is 113 Å². The molecule has 0 spiro atoms. The van der Waals surface area contributed by atoms with Gasteiger partial charge in [-0.25, -0.2) is 0 Å². The minimum absolute atomic E-state index is 0.514. The van der Waals surface area contributed by atoms with E-state index in [0.29, 0.717) is 6.04 Å². The number of hydrogen-bond donors (Lipinski definition) is 1. The van der Waals surface area contributed by atoms with Crippen LogP contribution in [0.5, 0.6) is 0 Å². The molecule has 0 aliphatic heterocycles. The van der Waals surface area contributed by atoms with E-state index in [1.807, 2.05) is 0 Å². The van der Waals surface area contributed by atoms with Gasteiger partial charge in [0.1, 0.15) is 0 Å². The molecule has 1 N–H and O–H groups in total. The highest BCUT2D eigenvalue weighted by Crippen LogP contribution is 2.26. The average Bonchev–Trinajstić information content (AvgIpc) is 2.34. The first kappa shape index (κ1) is 15.2. The molecule has 0 amide bonds. The topological polar surface area (TPSA) is 12.0 Å². The van der Waals surface area contributed by atoms with E-state index in [2.05, 4.69) is 58.1 Å². The monoisotopic (exact) mass is 247 g/mol. The van der Waals surface area contributed by atoms with Gasteiger partial charge in [-0.05, 0) is 50.3 Å². The molecule has 0 radical (unpaired) electrons. The van der Waals surface area contributed by atoms with Crippen LogP contribution in [0, 0.1) is 19.8 Å². The lowest BCUT2D eigenvalue weighted by Gasteiger charge is -2.24. The van der Waals surface area contributed by atoms with Gasteiger partial charge in [0.25, 0.3) is 0 Å². The molecule has 1 aromatic carbocycles. The lowest BCUT2D eigenvalue weighted by atomic mass is 9.91. The van der Waals surface area contributed by atoms with Gasteiger partial charge in [-0.2, -0.15) is 0 Å². The van der Waals surface area contributed by atoms with Crippen LogP contribution in [0.1, 0.15) is 62.8 Å². The Bertz CT molecular complexity index is 357. The fraction of sp³-hybridized carbons (Fsp3) is 0.647. The van der Waals surface area contributed by atoms with Gasteiger partial charge in [-0.1, -0.05) is 51.0 Å². The maximum Gasteiger partial charge on any atom is 0.0325 e. The molecular formula is C17H29N. The van der Waals surface area contributed by atoms with Gasteiger partial charge in [0.05, 0.1) is 0 Å². The normalized spacial score (nSPS) is 14.5. The van der Waals surface area contributed by atoms with E-state index in [4.69, 9.17) is 0 Å². The first-order chi connectivity index (χ1) is 8.58. The molecule has 0 fully saturated rings. The summed E-state index contributed by atoms with van der Waals surface area (Å²) in [5.74, 6) is 0.778. The second kappa shape index (κ2) is 7.58. The SMILES string of the molecule is CCCNC(CC(C)CC)c1ccc(C)cc1C. The lowest BCUT2D eigenvalue weighted by molar-refractivity contribution is 0.401. The number of nitrogens with one attached hydrogen (secondary N) is 1. The van der Waals surface area contributed by atoms with Crippen molar-refractivity contribution < 1.29 is 0 Å². The molecule has 0 aliphatic carbocycles. The molecule has 1 heteroatoms. The second-order valence-electron chi connectivity index (χ2n) is 5.62. The summed E-state index contributed by atoms with van der Waals surface area (Å²) in [6.45, 7) is 12.4. The Morgan fingerprint density at radius 1 is 1.17 bits per heavy atom. The zero-order valence-corrected chi connectivity index (χ0v) is 12.7. The van der Waals surface area contributed by atoms with Crippen molar-refractivity contribution in [2.75, 3.05) is 6.54 Å². The first-order valence-electron chi connectivity index (χ1n) is 7.39. The van der Waals surface area contributed by atoms with E-state index in [-0.39, 0.29) is 0 Å². The van der Waals surface area contributed by atoms with Crippen molar-refractivity contribution in [3.63, 3.8) is 0 Å². The van der Waals surface area contributed by atoms with Gasteiger partial charge < -0.3 is 5.32 Å².